The molecule has 0 bridgehead atoms. The van der Waals surface area contributed by atoms with Crippen LogP contribution in [-0.2, 0) is 4.74 Å². The van der Waals surface area contributed by atoms with Gasteiger partial charge in [0.2, 0.25) is 0 Å². The first kappa shape index (κ1) is 14.8. The maximum absolute atomic E-state index is 10.0. The lowest BCUT2D eigenvalue weighted by Crippen LogP contribution is -2.65. The molecule has 1 rings (SSSR count). The number of aliphatic hydroxyl groups is 6. The number of hydrogen-bond acceptors (Lipinski definition) is 7. The summed E-state index contributed by atoms with van der Waals surface area (Å²) in [5.41, 5.74) is 0. The molecule has 0 aromatic rings. The van der Waals surface area contributed by atoms with Gasteiger partial charge in [0.15, 0.2) is 5.79 Å². The lowest BCUT2D eigenvalue weighted by atomic mass is 9.89. The minimum absolute atomic E-state index is 0.00495. The summed E-state index contributed by atoms with van der Waals surface area (Å²) >= 11 is 0. The predicted molar refractivity (Wildman–Crippen MR) is 55.9 cm³/mol. The molecular formula is C10H20O7. The van der Waals surface area contributed by atoms with E-state index in [9.17, 15) is 20.4 Å². The van der Waals surface area contributed by atoms with Gasteiger partial charge in [-0.25, -0.2) is 0 Å². The number of rotatable bonds is 5. The third kappa shape index (κ3) is 3.14. The number of aliphatic hydroxyl groups excluding tert-OH is 5. The van der Waals surface area contributed by atoms with Gasteiger partial charge < -0.3 is 35.4 Å². The van der Waals surface area contributed by atoms with E-state index in [4.69, 9.17) is 14.9 Å². The molecule has 0 radical (unpaired) electrons. The Bertz CT molecular complexity index is 235. The summed E-state index contributed by atoms with van der Waals surface area (Å²) in [5.74, 6) is -2.01. The second kappa shape index (κ2) is 6.05. The van der Waals surface area contributed by atoms with Gasteiger partial charge in [-0.2, -0.15) is 0 Å². The van der Waals surface area contributed by atoms with E-state index >= 15 is 0 Å². The van der Waals surface area contributed by atoms with E-state index in [0.717, 1.165) is 0 Å². The van der Waals surface area contributed by atoms with E-state index in [2.05, 4.69) is 0 Å². The Labute approximate surface area is 98.9 Å². The van der Waals surface area contributed by atoms with Crippen LogP contribution in [0.4, 0.5) is 0 Å². The Morgan fingerprint density at radius 2 is 1.65 bits per heavy atom. The normalized spacial score (nSPS) is 42.7. The standard InChI is InChI=1S/C10H20O7/c11-4-2-1-3-10(16)9(15)8(14)7(13)6(5-12)17-10/h6-9,11-16H,1-5H2/t6-,7-,8+,9-,10?/m1/s1. The molecule has 0 aromatic carbocycles. The summed E-state index contributed by atoms with van der Waals surface area (Å²) in [5, 5.41) is 56.2. The zero-order valence-corrected chi connectivity index (χ0v) is 9.44. The third-order valence-electron chi connectivity index (χ3n) is 2.99. The molecule has 17 heavy (non-hydrogen) atoms. The van der Waals surface area contributed by atoms with Crippen LogP contribution in [-0.4, -0.2) is 74.1 Å². The Morgan fingerprint density at radius 1 is 1.00 bits per heavy atom. The van der Waals surface area contributed by atoms with Crippen LogP contribution < -0.4 is 0 Å². The van der Waals surface area contributed by atoms with Crippen molar-refractivity contribution in [3.63, 3.8) is 0 Å². The highest BCUT2D eigenvalue weighted by Crippen LogP contribution is 2.31. The molecule has 6 N–H and O–H groups in total. The van der Waals surface area contributed by atoms with Crippen LogP contribution in [0.15, 0.2) is 0 Å². The van der Waals surface area contributed by atoms with Crippen LogP contribution in [0.1, 0.15) is 19.3 Å². The summed E-state index contributed by atoms with van der Waals surface area (Å²) in [7, 11) is 0. The molecule has 0 aromatic heterocycles. The molecule has 0 saturated carbocycles. The fraction of sp³-hybridized carbons (Fsp3) is 1.00. The van der Waals surface area contributed by atoms with Crippen molar-refractivity contribution >= 4 is 0 Å². The molecule has 7 nitrogen and oxygen atoms in total. The van der Waals surface area contributed by atoms with E-state index in [0.29, 0.717) is 12.8 Å². The molecule has 1 aliphatic rings. The minimum atomic E-state index is -2.01. The monoisotopic (exact) mass is 252 g/mol. The molecule has 7 heteroatoms. The second-order valence-corrected chi connectivity index (χ2v) is 4.29. The number of hydrogen-bond donors (Lipinski definition) is 6. The Kier molecular flexibility index (Phi) is 5.26. The molecule has 1 unspecified atom stereocenters. The lowest BCUT2D eigenvalue weighted by Gasteiger charge is -2.45. The molecule has 0 amide bonds. The average molecular weight is 252 g/mol. The van der Waals surface area contributed by atoms with Crippen LogP contribution in [0.25, 0.3) is 0 Å². The summed E-state index contributed by atoms with van der Waals surface area (Å²) in [4.78, 5) is 0. The van der Waals surface area contributed by atoms with Crippen LogP contribution in [0.2, 0.25) is 0 Å². The van der Waals surface area contributed by atoms with Gasteiger partial charge in [-0.3, -0.25) is 0 Å². The highest BCUT2D eigenvalue weighted by Gasteiger charge is 2.51. The van der Waals surface area contributed by atoms with Crippen molar-refractivity contribution in [1.29, 1.82) is 0 Å². The van der Waals surface area contributed by atoms with Crippen LogP contribution in [0, 0.1) is 0 Å². The van der Waals surface area contributed by atoms with Gasteiger partial charge in [0.1, 0.15) is 24.4 Å². The summed E-state index contributed by atoms with van der Waals surface area (Å²) in [6, 6.07) is 0. The second-order valence-electron chi connectivity index (χ2n) is 4.29. The first-order chi connectivity index (χ1) is 7.96. The average Bonchev–Trinajstić information content (AvgIpc) is 2.32. The van der Waals surface area contributed by atoms with E-state index < -0.39 is 36.8 Å². The maximum atomic E-state index is 10.0. The van der Waals surface area contributed by atoms with Gasteiger partial charge in [-0.15, -0.1) is 0 Å². The highest BCUT2D eigenvalue weighted by molar-refractivity contribution is 4.95. The quantitative estimate of drug-likeness (QED) is 0.294. The van der Waals surface area contributed by atoms with Crippen molar-refractivity contribution in [2.45, 2.75) is 49.5 Å². The van der Waals surface area contributed by atoms with E-state index in [1.165, 1.54) is 0 Å². The molecule has 5 atom stereocenters. The Hall–Kier alpha value is -0.280. The summed E-state index contributed by atoms with van der Waals surface area (Å²) in [6.45, 7) is -0.631. The summed E-state index contributed by atoms with van der Waals surface area (Å²) in [6.07, 6.45) is -5.04. The molecular weight excluding hydrogens is 232 g/mol. The van der Waals surface area contributed by atoms with Crippen LogP contribution >= 0.6 is 0 Å². The topological polar surface area (TPSA) is 131 Å². The van der Waals surface area contributed by atoms with Crippen molar-refractivity contribution in [3.8, 4) is 0 Å². The SMILES string of the molecule is OCCCCC1(O)O[C@H](CO)[C@@H](O)[C@H](O)[C@H]1O. The van der Waals surface area contributed by atoms with Crippen molar-refractivity contribution in [2.24, 2.45) is 0 Å². The fourth-order valence-electron chi connectivity index (χ4n) is 1.92. The predicted octanol–water partition coefficient (Wildman–Crippen LogP) is -2.69. The zero-order chi connectivity index (χ0) is 13.1. The Balaban J connectivity index is 2.69. The van der Waals surface area contributed by atoms with Crippen LogP contribution in [0.3, 0.4) is 0 Å². The fourth-order valence-corrected chi connectivity index (χ4v) is 1.92. The largest absolute Gasteiger partial charge is 0.396 e. The summed E-state index contributed by atoms with van der Waals surface area (Å²) < 4.78 is 5.03. The van der Waals surface area contributed by atoms with E-state index in [1.54, 1.807) is 0 Å². The highest BCUT2D eigenvalue weighted by atomic mass is 16.7. The van der Waals surface area contributed by atoms with Gasteiger partial charge in [-0.1, -0.05) is 0 Å². The maximum Gasteiger partial charge on any atom is 0.195 e. The van der Waals surface area contributed by atoms with Crippen LogP contribution in [0.5, 0.6) is 0 Å². The van der Waals surface area contributed by atoms with Gasteiger partial charge >= 0.3 is 0 Å². The minimum Gasteiger partial charge on any atom is -0.396 e. The molecule has 1 fully saturated rings. The molecule has 1 saturated heterocycles. The lowest BCUT2D eigenvalue weighted by molar-refractivity contribution is -0.351. The first-order valence-corrected chi connectivity index (χ1v) is 5.62. The van der Waals surface area contributed by atoms with Crippen molar-refractivity contribution in [1.82, 2.24) is 0 Å². The Morgan fingerprint density at radius 3 is 2.18 bits per heavy atom. The van der Waals surface area contributed by atoms with E-state index in [-0.39, 0.29) is 13.0 Å². The van der Waals surface area contributed by atoms with Gasteiger partial charge in [0.05, 0.1) is 6.61 Å². The van der Waals surface area contributed by atoms with Crippen molar-refractivity contribution in [2.75, 3.05) is 13.2 Å². The van der Waals surface area contributed by atoms with Crippen molar-refractivity contribution in [3.05, 3.63) is 0 Å². The van der Waals surface area contributed by atoms with E-state index in [1.807, 2.05) is 0 Å². The van der Waals surface area contributed by atoms with Gasteiger partial charge in [-0.05, 0) is 12.8 Å². The molecule has 102 valence electrons. The first-order valence-electron chi connectivity index (χ1n) is 5.62. The van der Waals surface area contributed by atoms with Gasteiger partial charge in [0, 0.05) is 13.0 Å². The molecule has 1 aliphatic heterocycles. The molecule has 0 spiro atoms. The van der Waals surface area contributed by atoms with Crippen molar-refractivity contribution < 1.29 is 35.4 Å². The third-order valence-corrected chi connectivity index (χ3v) is 2.99. The zero-order valence-electron chi connectivity index (χ0n) is 9.44. The molecule has 1 heterocycles. The number of unbranched alkanes of at least 4 members (excludes halogenated alkanes) is 1. The molecule has 0 aliphatic carbocycles. The van der Waals surface area contributed by atoms with Gasteiger partial charge in [0.25, 0.3) is 0 Å². The smallest absolute Gasteiger partial charge is 0.195 e. The number of ether oxygens (including phenoxy) is 1.